The maximum Gasteiger partial charge on any atom is 0.375 e. The molecule has 0 spiro atoms. The van der Waals surface area contributed by atoms with E-state index in [1.807, 2.05) is 12.1 Å². The molecular formula is C19H20O6. The molecule has 2 aromatic rings. The van der Waals surface area contributed by atoms with Crippen LogP contribution in [0.15, 0.2) is 28.7 Å². The van der Waals surface area contributed by atoms with Crippen molar-refractivity contribution in [2.45, 2.75) is 38.0 Å². The Labute approximate surface area is 145 Å². The van der Waals surface area contributed by atoms with Crippen LogP contribution < -0.4 is 4.74 Å². The lowest BCUT2D eigenvalue weighted by molar-refractivity contribution is 0.0630. The van der Waals surface area contributed by atoms with Crippen LogP contribution in [0.1, 0.15) is 64.7 Å². The number of carboxylic acid groups (broad SMARTS) is 2. The second kappa shape index (κ2) is 7.01. The Morgan fingerprint density at radius 3 is 2.12 bits per heavy atom. The lowest BCUT2D eigenvalue weighted by atomic mass is 9.83. The van der Waals surface area contributed by atoms with E-state index >= 15 is 0 Å². The van der Waals surface area contributed by atoms with Crippen molar-refractivity contribution in [2.75, 3.05) is 7.11 Å². The predicted octanol–water partition coefficient (Wildman–Crippen LogP) is 4.40. The molecule has 0 aliphatic heterocycles. The second-order valence-electron chi connectivity index (χ2n) is 6.24. The highest BCUT2D eigenvalue weighted by molar-refractivity contribution is 6.00. The largest absolute Gasteiger partial charge is 0.492 e. The molecule has 1 aliphatic rings. The van der Waals surface area contributed by atoms with E-state index in [0.29, 0.717) is 11.5 Å². The average Bonchev–Trinajstić information content (AvgIpc) is 3.03. The molecule has 1 aromatic carbocycles. The number of aromatic carboxylic acids is 2. The number of methoxy groups -OCH3 is 1. The smallest absolute Gasteiger partial charge is 0.375 e. The third kappa shape index (κ3) is 3.24. The highest BCUT2D eigenvalue weighted by Crippen LogP contribution is 2.40. The number of furan rings is 1. The molecule has 0 radical (unpaired) electrons. The molecule has 0 bridgehead atoms. The Bertz CT molecular complexity index is 781. The van der Waals surface area contributed by atoms with E-state index in [1.54, 1.807) is 12.1 Å². The number of carbonyl (C=O) groups is 2. The van der Waals surface area contributed by atoms with E-state index < -0.39 is 23.5 Å². The van der Waals surface area contributed by atoms with Gasteiger partial charge in [-0.2, -0.15) is 0 Å². The van der Waals surface area contributed by atoms with Gasteiger partial charge in [0.05, 0.1) is 12.7 Å². The zero-order chi connectivity index (χ0) is 18.0. The fraction of sp³-hybridized carbons (Fsp3) is 0.368. The summed E-state index contributed by atoms with van der Waals surface area (Å²) < 4.78 is 10.2. The fourth-order valence-corrected chi connectivity index (χ4v) is 3.52. The van der Waals surface area contributed by atoms with Crippen LogP contribution in [-0.2, 0) is 0 Å². The Hall–Kier alpha value is -2.76. The zero-order valence-corrected chi connectivity index (χ0v) is 13.9. The van der Waals surface area contributed by atoms with Crippen molar-refractivity contribution in [1.82, 2.24) is 0 Å². The number of benzene rings is 1. The molecule has 2 N–H and O–H groups in total. The van der Waals surface area contributed by atoms with E-state index in [4.69, 9.17) is 9.15 Å². The summed E-state index contributed by atoms with van der Waals surface area (Å²) in [4.78, 5) is 22.8. The monoisotopic (exact) mass is 344 g/mol. The highest BCUT2D eigenvalue weighted by Gasteiger charge is 2.30. The van der Waals surface area contributed by atoms with Gasteiger partial charge in [-0.15, -0.1) is 0 Å². The highest BCUT2D eigenvalue weighted by atomic mass is 16.5. The summed E-state index contributed by atoms with van der Waals surface area (Å²) in [5, 5.41) is 18.6. The van der Waals surface area contributed by atoms with E-state index in [0.717, 1.165) is 12.8 Å². The van der Waals surface area contributed by atoms with Gasteiger partial charge in [-0.3, -0.25) is 0 Å². The number of carboxylic acids is 2. The number of ether oxygens (including phenoxy) is 1. The molecule has 0 unspecified atom stereocenters. The molecule has 6 heteroatoms. The topological polar surface area (TPSA) is 97.0 Å². The van der Waals surface area contributed by atoms with Crippen molar-refractivity contribution in [3.63, 3.8) is 0 Å². The molecular weight excluding hydrogens is 324 g/mol. The summed E-state index contributed by atoms with van der Waals surface area (Å²) in [6.07, 6.45) is 6.07. The van der Waals surface area contributed by atoms with Gasteiger partial charge in [-0.05, 0) is 29.9 Å². The van der Waals surface area contributed by atoms with Crippen LogP contribution in [0.4, 0.5) is 0 Å². The van der Waals surface area contributed by atoms with Crippen LogP contribution in [0, 0.1) is 0 Å². The van der Waals surface area contributed by atoms with Crippen molar-refractivity contribution in [3.05, 3.63) is 41.3 Å². The van der Waals surface area contributed by atoms with Crippen LogP contribution in [0.5, 0.6) is 5.75 Å². The third-order valence-corrected chi connectivity index (χ3v) is 4.73. The molecule has 25 heavy (non-hydrogen) atoms. The summed E-state index contributed by atoms with van der Waals surface area (Å²) in [6, 6.07) is 7.55. The van der Waals surface area contributed by atoms with Gasteiger partial charge < -0.3 is 19.4 Å². The molecule has 1 aliphatic carbocycles. The summed E-state index contributed by atoms with van der Waals surface area (Å²) in [7, 11) is 1.29. The molecule has 1 fully saturated rings. The standard InChI is InChI=1S/C19H20O6/c1-24-15-14(16(18(20)21)25-17(15)19(22)23)13-9-7-12(8-10-13)11-5-3-2-4-6-11/h7-11H,2-6H2,1H3,(H,20,21)(H,22,23). The first-order valence-corrected chi connectivity index (χ1v) is 8.30. The molecule has 1 heterocycles. The van der Waals surface area contributed by atoms with Crippen molar-refractivity contribution in [2.24, 2.45) is 0 Å². The van der Waals surface area contributed by atoms with Gasteiger partial charge >= 0.3 is 11.9 Å². The Kier molecular flexibility index (Phi) is 4.79. The van der Waals surface area contributed by atoms with Crippen molar-refractivity contribution in [3.8, 4) is 16.9 Å². The Balaban J connectivity index is 2.03. The molecule has 6 nitrogen and oxygen atoms in total. The summed E-state index contributed by atoms with van der Waals surface area (Å²) in [5.41, 5.74) is 1.94. The number of hydrogen-bond donors (Lipinski definition) is 2. The van der Waals surface area contributed by atoms with Crippen LogP contribution >= 0.6 is 0 Å². The predicted molar refractivity (Wildman–Crippen MR) is 90.4 cm³/mol. The van der Waals surface area contributed by atoms with Gasteiger partial charge in [0, 0.05) is 0 Å². The van der Waals surface area contributed by atoms with E-state index in [9.17, 15) is 19.8 Å². The van der Waals surface area contributed by atoms with Crippen LogP contribution in [0.2, 0.25) is 0 Å². The molecule has 132 valence electrons. The molecule has 0 atom stereocenters. The van der Waals surface area contributed by atoms with Gasteiger partial charge in [0.25, 0.3) is 5.76 Å². The molecule has 1 aromatic heterocycles. The Morgan fingerprint density at radius 1 is 1.00 bits per heavy atom. The first-order chi connectivity index (χ1) is 12.0. The maximum absolute atomic E-state index is 11.5. The fourth-order valence-electron chi connectivity index (χ4n) is 3.52. The maximum atomic E-state index is 11.5. The van der Waals surface area contributed by atoms with Crippen LogP contribution in [0.3, 0.4) is 0 Å². The van der Waals surface area contributed by atoms with Crippen LogP contribution in [0.25, 0.3) is 11.1 Å². The minimum Gasteiger partial charge on any atom is -0.492 e. The lowest BCUT2D eigenvalue weighted by Crippen LogP contribution is -2.04. The van der Waals surface area contributed by atoms with E-state index in [1.165, 1.54) is 31.9 Å². The van der Waals surface area contributed by atoms with Crippen molar-refractivity contribution >= 4 is 11.9 Å². The molecule has 3 rings (SSSR count). The van der Waals surface area contributed by atoms with Gasteiger partial charge in [0.1, 0.15) is 0 Å². The summed E-state index contributed by atoms with van der Waals surface area (Å²) >= 11 is 0. The van der Waals surface area contributed by atoms with Gasteiger partial charge in [0.2, 0.25) is 5.76 Å². The van der Waals surface area contributed by atoms with Crippen molar-refractivity contribution < 1.29 is 29.0 Å². The SMILES string of the molecule is COc1c(C(=O)O)oc(C(=O)O)c1-c1ccc(C2CCCCC2)cc1. The first kappa shape index (κ1) is 17.1. The number of rotatable bonds is 5. The molecule has 0 saturated heterocycles. The van der Waals surface area contributed by atoms with Crippen LogP contribution in [-0.4, -0.2) is 29.3 Å². The van der Waals surface area contributed by atoms with Gasteiger partial charge in [-0.25, -0.2) is 9.59 Å². The van der Waals surface area contributed by atoms with Gasteiger partial charge in [-0.1, -0.05) is 43.5 Å². The average molecular weight is 344 g/mol. The quantitative estimate of drug-likeness (QED) is 0.834. The third-order valence-electron chi connectivity index (χ3n) is 4.73. The van der Waals surface area contributed by atoms with E-state index in [2.05, 4.69) is 0 Å². The first-order valence-electron chi connectivity index (χ1n) is 8.30. The number of hydrogen-bond acceptors (Lipinski definition) is 4. The minimum absolute atomic E-state index is 0.0738. The second-order valence-corrected chi connectivity index (χ2v) is 6.24. The minimum atomic E-state index is -1.37. The normalized spacial score (nSPS) is 15.1. The zero-order valence-electron chi connectivity index (χ0n) is 13.9. The van der Waals surface area contributed by atoms with Gasteiger partial charge in [0.15, 0.2) is 5.75 Å². The van der Waals surface area contributed by atoms with Crippen molar-refractivity contribution in [1.29, 1.82) is 0 Å². The molecule has 1 saturated carbocycles. The summed E-state index contributed by atoms with van der Waals surface area (Å²) in [6.45, 7) is 0. The lowest BCUT2D eigenvalue weighted by Gasteiger charge is -2.22. The Morgan fingerprint density at radius 2 is 1.60 bits per heavy atom. The summed E-state index contributed by atoms with van der Waals surface area (Å²) in [5.74, 6) is -3.19. The molecule has 0 amide bonds. The van der Waals surface area contributed by atoms with E-state index in [-0.39, 0.29) is 11.3 Å².